The molecular weight excluding hydrogens is 300 g/mol. The highest BCUT2D eigenvalue weighted by Gasteiger charge is 1.71. The summed E-state index contributed by atoms with van der Waals surface area (Å²) in [6.07, 6.45) is 0. The van der Waals surface area contributed by atoms with Crippen LogP contribution in [0.15, 0.2) is 0 Å². The van der Waals surface area contributed by atoms with Crippen molar-refractivity contribution in [2.75, 3.05) is 27.2 Å². The zero-order valence-corrected chi connectivity index (χ0v) is 13.8. The average molecular weight is 328 g/mol. The Balaban J connectivity index is -0.0000000555. The zero-order chi connectivity index (χ0) is 19.1. The predicted octanol–water partition coefficient (Wildman–Crippen LogP) is -0.211. The van der Waals surface area contributed by atoms with Gasteiger partial charge in [-0.2, -0.15) is 0 Å². The molecule has 10 heteroatoms. The summed E-state index contributed by atoms with van der Waals surface area (Å²) in [7, 11) is 3.88. The lowest BCUT2D eigenvalue weighted by Crippen LogP contribution is -2.21. The summed E-state index contributed by atoms with van der Waals surface area (Å²) in [6, 6.07) is 0. The Labute approximate surface area is 130 Å². The van der Waals surface area contributed by atoms with Gasteiger partial charge in [0.15, 0.2) is 0 Å². The summed E-state index contributed by atoms with van der Waals surface area (Å²) in [6.45, 7) is 6.44. The molecule has 0 unspecified atom stereocenters. The first-order valence-corrected chi connectivity index (χ1v) is 5.92. The van der Waals surface area contributed by atoms with Crippen LogP contribution < -0.4 is 10.6 Å². The van der Waals surface area contributed by atoms with Crippen LogP contribution >= 0.6 is 0 Å². The molecule has 0 aliphatic carbocycles. The molecule has 6 N–H and O–H groups in total. The molecule has 0 aliphatic heterocycles. The molecule has 0 aromatic carbocycles. The maximum atomic E-state index is 9.00. The number of carboxylic acid groups (broad SMARTS) is 4. The molecule has 0 fully saturated rings. The predicted molar refractivity (Wildman–Crippen MR) is 81.1 cm³/mol. The maximum Gasteiger partial charge on any atom is 0.300 e. The summed E-state index contributed by atoms with van der Waals surface area (Å²) in [5.74, 6) is -3.33. The smallest absolute Gasteiger partial charge is 0.300 e. The number of rotatable bonds is 3. The number of nitrogens with one attached hydrogen (secondary N) is 2. The highest BCUT2D eigenvalue weighted by molar-refractivity contribution is 5.63. The normalized spacial score (nSPS) is 7.00. The van der Waals surface area contributed by atoms with E-state index in [1.165, 1.54) is 0 Å². The maximum absolute atomic E-state index is 9.00. The van der Waals surface area contributed by atoms with Crippen molar-refractivity contribution in [1.82, 2.24) is 10.6 Å². The third kappa shape index (κ3) is 7850. The fourth-order valence-corrected chi connectivity index (χ4v) is 0.250. The minimum absolute atomic E-state index is 0.833. The van der Waals surface area contributed by atoms with Gasteiger partial charge in [-0.1, -0.05) is 0 Å². The highest BCUT2D eigenvalue weighted by atomic mass is 16.4. The van der Waals surface area contributed by atoms with Gasteiger partial charge >= 0.3 is 0 Å². The topological polar surface area (TPSA) is 173 Å². The van der Waals surface area contributed by atoms with E-state index in [2.05, 4.69) is 10.6 Å². The molecule has 0 aromatic rings. The number of likely N-dealkylation sites (N-methyl/N-ethyl adjacent to an activating group) is 2. The standard InChI is InChI=1S/C4H12N2.4C2H4O2/c1-5-3-4-6-2;4*1-2(3)4/h5-6H,3-4H2,1-2H3;4*1H3,(H,3,4). The van der Waals surface area contributed by atoms with Crippen molar-refractivity contribution in [3.8, 4) is 0 Å². The van der Waals surface area contributed by atoms with Gasteiger partial charge in [-0.15, -0.1) is 0 Å². The number of carbonyl (C=O) groups is 4. The Morgan fingerprint density at radius 1 is 0.591 bits per heavy atom. The molecule has 0 bridgehead atoms. The molecule has 0 radical (unpaired) electrons. The molecule has 0 atom stereocenters. The van der Waals surface area contributed by atoms with Crippen molar-refractivity contribution in [3.05, 3.63) is 0 Å². The number of aliphatic carboxylic acids is 4. The van der Waals surface area contributed by atoms with Crippen LogP contribution in [0.5, 0.6) is 0 Å². The van der Waals surface area contributed by atoms with E-state index >= 15 is 0 Å². The molecule has 0 saturated carbocycles. The van der Waals surface area contributed by atoms with Gasteiger partial charge in [0, 0.05) is 40.8 Å². The summed E-state index contributed by atoms with van der Waals surface area (Å²) in [5.41, 5.74) is 0. The molecule has 0 saturated heterocycles. The lowest BCUT2D eigenvalue weighted by Gasteiger charge is -1.92. The summed E-state index contributed by atoms with van der Waals surface area (Å²) in [4.78, 5) is 36.0. The van der Waals surface area contributed by atoms with Crippen molar-refractivity contribution < 1.29 is 39.6 Å². The second-order valence-corrected chi connectivity index (χ2v) is 3.28. The zero-order valence-electron chi connectivity index (χ0n) is 13.8. The Morgan fingerprint density at radius 3 is 0.727 bits per heavy atom. The van der Waals surface area contributed by atoms with Gasteiger partial charge in [0.2, 0.25) is 0 Å². The number of carboxylic acids is 4. The van der Waals surface area contributed by atoms with Crippen molar-refractivity contribution in [1.29, 1.82) is 0 Å². The Hall–Kier alpha value is -2.20. The largest absolute Gasteiger partial charge is 0.481 e. The fourth-order valence-electron chi connectivity index (χ4n) is 0.250. The molecular formula is C12H28N2O8. The molecule has 0 rings (SSSR count). The van der Waals surface area contributed by atoms with Crippen LogP contribution in [0.4, 0.5) is 0 Å². The summed E-state index contributed by atoms with van der Waals surface area (Å²) < 4.78 is 0. The first-order chi connectivity index (χ1) is 9.84. The van der Waals surface area contributed by atoms with E-state index in [-0.39, 0.29) is 0 Å². The van der Waals surface area contributed by atoms with Gasteiger partial charge in [0.25, 0.3) is 23.9 Å². The molecule has 10 nitrogen and oxygen atoms in total. The third-order valence-electron chi connectivity index (χ3n) is 0.625. The van der Waals surface area contributed by atoms with E-state index in [0.717, 1.165) is 40.8 Å². The molecule has 22 heavy (non-hydrogen) atoms. The Kier molecular flexibility index (Phi) is 45.4. The van der Waals surface area contributed by atoms with E-state index in [1.807, 2.05) is 14.1 Å². The van der Waals surface area contributed by atoms with Gasteiger partial charge in [-0.25, -0.2) is 0 Å². The van der Waals surface area contributed by atoms with E-state index in [9.17, 15) is 0 Å². The van der Waals surface area contributed by atoms with Crippen LogP contribution in [0.3, 0.4) is 0 Å². The number of hydrogen-bond acceptors (Lipinski definition) is 6. The average Bonchev–Trinajstić information content (AvgIpc) is 2.23. The lowest BCUT2D eigenvalue weighted by atomic mass is 10.6. The highest BCUT2D eigenvalue weighted by Crippen LogP contribution is 1.45. The fraction of sp³-hybridized carbons (Fsp3) is 0.667. The van der Waals surface area contributed by atoms with Crippen molar-refractivity contribution >= 4 is 23.9 Å². The monoisotopic (exact) mass is 328 g/mol. The van der Waals surface area contributed by atoms with Crippen LogP contribution in [0.25, 0.3) is 0 Å². The quantitative estimate of drug-likeness (QED) is 0.380. The Morgan fingerprint density at radius 2 is 0.682 bits per heavy atom. The van der Waals surface area contributed by atoms with E-state index in [1.54, 1.807) is 0 Å². The van der Waals surface area contributed by atoms with Crippen molar-refractivity contribution in [2.24, 2.45) is 0 Å². The summed E-state index contributed by atoms with van der Waals surface area (Å²) in [5, 5.41) is 35.7. The van der Waals surface area contributed by atoms with Crippen LogP contribution in [0.1, 0.15) is 27.7 Å². The lowest BCUT2D eigenvalue weighted by molar-refractivity contribution is -0.135. The van der Waals surface area contributed by atoms with Crippen molar-refractivity contribution in [3.63, 3.8) is 0 Å². The van der Waals surface area contributed by atoms with Crippen LogP contribution in [0, 0.1) is 0 Å². The molecule has 0 spiro atoms. The minimum atomic E-state index is -0.833. The van der Waals surface area contributed by atoms with Gasteiger partial charge in [0.05, 0.1) is 0 Å². The van der Waals surface area contributed by atoms with E-state index < -0.39 is 23.9 Å². The second-order valence-electron chi connectivity index (χ2n) is 3.28. The van der Waals surface area contributed by atoms with Gasteiger partial charge in [0.1, 0.15) is 0 Å². The first-order valence-electron chi connectivity index (χ1n) is 5.92. The second kappa shape index (κ2) is 31.3. The molecule has 0 aliphatic rings. The molecule has 0 amide bonds. The van der Waals surface area contributed by atoms with E-state index in [0.29, 0.717) is 0 Å². The number of hydrogen-bond donors (Lipinski definition) is 6. The van der Waals surface area contributed by atoms with Gasteiger partial charge in [-0.3, -0.25) is 19.2 Å². The first kappa shape index (κ1) is 31.9. The van der Waals surface area contributed by atoms with E-state index in [4.69, 9.17) is 39.6 Å². The third-order valence-corrected chi connectivity index (χ3v) is 0.625. The Bertz CT molecular complexity index is 214. The van der Waals surface area contributed by atoms with Crippen molar-refractivity contribution in [2.45, 2.75) is 27.7 Å². The summed E-state index contributed by atoms with van der Waals surface area (Å²) >= 11 is 0. The SMILES string of the molecule is CC(=O)O.CC(=O)O.CC(=O)O.CC(=O)O.CNCCNC. The van der Waals surface area contributed by atoms with Crippen LogP contribution in [-0.2, 0) is 19.2 Å². The van der Waals surface area contributed by atoms with Crippen LogP contribution in [0.2, 0.25) is 0 Å². The van der Waals surface area contributed by atoms with Gasteiger partial charge in [-0.05, 0) is 14.1 Å². The van der Waals surface area contributed by atoms with Crippen LogP contribution in [-0.4, -0.2) is 71.5 Å². The van der Waals surface area contributed by atoms with Gasteiger partial charge < -0.3 is 31.1 Å². The molecule has 0 heterocycles. The minimum Gasteiger partial charge on any atom is -0.481 e. The molecule has 134 valence electrons. The molecule has 0 aromatic heterocycles.